The third-order valence-electron chi connectivity index (χ3n) is 2.14. The zero-order chi connectivity index (χ0) is 12.3. The fraction of sp³-hybridized carbons (Fsp3) is 0.273. The third kappa shape index (κ3) is 3.10. The quantitative estimate of drug-likeness (QED) is 0.820. The summed E-state index contributed by atoms with van der Waals surface area (Å²) in [5.74, 6) is 2.55. The molecule has 0 aliphatic heterocycles. The Morgan fingerprint density at radius 2 is 2.00 bits per heavy atom. The van der Waals surface area contributed by atoms with Gasteiger partial charge < -0.3 is 11.1 Å². The molecule has 0 fully saturated rings. The summed E-state index contributed by atoms with van der Waals surface area (Å²) >= 11 is 0. The lowest BCUT2D eigenvalue weighted by atomic mass is 10.4. The first kappa shape index (κ1) is 11.3. The highest BCUT2D eigenvalue weighted by molar-refractivity contribution is 5.44. The Bertz CT molecular complexity index is 505. The van der Waals surface area contributed by atoms with E-state index in [0.717, 1.165) is 11.5 Å². The van der Waals surface area contributed by atoms with E-state index in [1.165, 1.54) is 0 Å². The van der Waals surface area contributed by atoms with Gasteiger partial charge in [-0.25, -0.2) is 19.9 Å². The van der Waals surface area contributed by atoms with E-state index in [1.807, 2.05) is 13.0 Å². The maximum atomic E-state index is 5.64. The molecule has 0 radical (unpaired) electrons. The smallest absolute Gasteiger partial charge is 0.132 e. The maximum Gasteiger partial charge on any atom is 0.132 e. The molecule has 2 heterocycles. The van der Waals surface area contributed by atoms with Gasteiger partial charge in [-0.15, -0.1) is 0 Å². The third-order valence-corrected chi connectivity index (χ3v) is 2.14. The van der Waals surface area contributed by atoms with Gasteiger partial charge in [0.2, 0.25) is 0 Å². The average Bonchev–Trinajstić information content (AvgIpc) is 2.25. The minimum atomic E-state index is 0.457. The Balaban J connectivity index is 2.07. The number of nitrogen functional groups attached to an aromatic ring is 1. The SMILES string of the molecule is Cc1nccc(CNc2cc(N)nc(C)n2)n1. The summed E-state index contributed by atoms with van der Waals surface area (Å²) in [5.41, 5.74) is 6.55. The van der Waals surface area contributed by atoms with Crippen molar-refractivity contribution < 1.29 is 0 Å². The highest BCUT2D eigenvalue weighted by atomic mass is 15.1. The largest absolute Gasteiger partial charge is 0.384 e. The highest BCUT2D eigenvalue weighted by Gasteiger charge is 2.00. The number of aromatic nitrogens is 4. The number of nitrogens with one attached hydrogen (secondary N) is 1. The number of nitrogens with zero attached hydrogens (tertiary/aromatic N) is 4. The molecule has 17 heavy (non-hydrogen) atoms. The van der Waals surface area contributed by atoms with Gasteiger partial charge >= 0.3 is 0 Å². The fourth-order valence-corrected chi connectivity index (χ4v) is 1.47. The Kier molecular flexibility index (Phi) is 3.13. The summed E-state index contributed by atoms with van der Waals surface area (Å²) in [5, 5.41) is 3.15. The molecule has 0 bridgehead atoms. The van der Waals surface area contributed by atoms with Gasteiger partial charge in [-0.1, -0.05) is 0 Å². The van der Waals surface area contributed by atoms with Gasteiger partial charge in [0, 0.05) is 12.3 Å². The van der Waals surface area contributed by atoms with Crippen LogP contribution in [0.3, 0.4) is 0 Å². The van der Waals surface area contributed by atoms with E-state index in [-0.39, 0.29) is 0 Å². The average molecular weight is 230 g/mol. The van der Waals surface area contributed by atoms with Gasteiger partial charge in [0.25, 0.3) is 0 Å². The van der Waals surface area contributed by atoms with Gasteiger partial charge in [-0.3, -0.25) is 0 Å². The second kappa shape index (κ2) is 4.73. The van der Waals surface area contributed by atoms with Crippen molar-refractivity contribution in [3.05, 3.63) is 35.7 Å². The lowest BCUT2D eigenvalue weighted by Crippen LogP contribution is -2.06. The lowest BCUT2D eigenvalue weighted by Gasteiger charge is -2.06. The van der Waals surface area contributed by atoms with Crippen molar-refractivity contribution in [3.63, 3.8) is 0 Å². The van der Waals surface area contributed by atoms with E-state index in [9.17, 15) is 0 Å². The summed E-state index contributed by atoms with van der Waals surface area (Å²) in [4.78, 5) is 16.6. The fourth-order valence-electron chi connectivity index (χ4n) is 1.47. The molecule has 2 aromatic rings. The van der Waals surface area contributed by atoms with E-state index in [2.05, 4.69) is 25.3 Å². The van der Waals surface area contributed by atoms with Gasteiger partial charge in [-0.05, 0) is 19.9 Å². The molecule has 0 atom stereocenters. The molecule has 0 unspecified atom stereocenters. The van der Waals surface area contributed by atoms with Crippen LogP contribution in [-0.4, -0.2) is 19.9 Å². The summed E-state index contributed by atoms with van der Waals surface area (Å²) in [6.45, 7) is 4.24. The van der Waals surface area contributed by atoms with Gasteiger partial charge in [0.05, 0.1) is 12.2 Å². The van der Waals surface area contributed by atoms with Crippen LogP contribution < -0.4 is 11.1 Å². The molecule has 6 nitrogen and oxygen atoms in total. The minimum Gasteiger partial charge on any atom is -0.384 e. The molecule has 0 amide bonds. The molecule has 2 rings (SSSR count). The van der Waals surface area contributed by atoms with E-state index in [1.54, 1.807) is 19.2 Å². The predicted molar refractivity (Wildman–Crippen MR) is 65.3 cm³/mol. The van der Waals surface area contributed by atoms with Crippen molar-refractivity contribution >= 4 is 11.6 Å². The van der Waals surface area contributed by atoms with Crippen molar-refractivity contribution in [2.75, 3.05) is 11.1 Å². The summed E-state index contributed by atoms with van der Waals surface area (Å²) in [6, 6.07) is 3.55. The van der Waals surface area contributed by atoms with Crippen LogP contribution in [0.5, 0.6) is 0 Å². The van der Waals surface area contributed by atoms with E-state index < -0.39 is 0 Å². The van der Waals surface area contributed by atoms with Crippen molar-refractivity contribution in [3.8, 4) is 0 Å². The molecular formula is C11H14N6. The number of hydrogen-bond donors (Lipinski definition) is 2. The van der Waals surface area contributed by atoms with E-state index >= 15 is 0 Å². The highest BCUT2D eigenvalue weighted by Crippen LogP contribution is 2.08. The minimum absolute atomic E-state index is 0.457. The molecule has 0 saturated carbocycles. The van der Waals surface area contributed by atoms with Gasteiger partial charge in [0.1, 0.15) is 23.3 Å². The van der Waals surface area contributed by atoms with Crippen LogP contribution >= 0.6 is 0 Å². The van der Waals surface area contributed by atoms with E-state index in [4.69, 9.17) is 5.73 Å². The Morgan fingerprint density at radius 1 is 1.18 bits per heavy atom. The molecule has 0 aromatic carbocycles. The number of hydrogen-bond acceptors (Lipinski definition) is 6. The van der Waals surface area contributed by atoms with Crippen molar-refractivity contribution in [2.24, 2.45) is 0 Å². The maximum absolute atomic E-state index is 5.64. The molecule has 0 spiro atoms. The van der Waals surface area contributed by atoms with Crippen molar-refractivity contribution in [2.45, 2.75) is 20.4 Å². The Hall–Kier alpha value is -2.24. The standard InChI is InChI=1S/C11H14N6/c1-7-13-4-3-9(15-7)6-14-11-5-10(12)16-8(2)17-11/h3-5H,6H2,1-2H3,(H3,12,14,16,17). The summed E-state index contributed by atoms with van der Waals surface area (Å²) < 4.78 is 0. The number of anilines is 2. The Morgan fingerprint density at radius 3 is 2.71 bits per heavy atom. The van der Waals surface area contributed by atoms with E-state index in [0.29, 0.717) is 24.0 Å². The first-order valence-corrected chi connectivity index (χ1v) is 5.27. The van der Waals surface area contributed by atoms with Crippen LogP contribution in [0.25, 0.3) is 0 Å². The zero-order valence-electron chi connectivity index (χ0n) is 9.81. The topological polar surface area (TPSA) is 89.6 Å². The van der Waals surface area contributed by atoms with Crippen molar-refractivity contribution in [1.82, 2.24) is 19.9 Å². The molecule has 0 aliphatic carbocycles. The van der Waals surface area contributed by atoms with Crippen LogP contribution in [0.4, 0.5) is 11.6 Å². The molecule has 3 N–H and O–H groups in total. The first-order valence-electron chi connectivity index (χ1n) is 5.27. The molecule has 0 saturated heterocycles. The lowest BCUT2D eigenvalue weighted by molar-refractivity contribution is 0.943. The van der Waals surface area contributed by atoms with Gasteiger partial charge in [-0.2, -0.15) is 0 Å². The molecule has 0 aliphatic rings. The van der Waals surface area contributed by atoms with Crippen LogP contribution in [0.1, 0.15) is 17.3 Å². The van der Waals surface area contributed by atoms with Crippen LogP contribution in [-0.2, 0) is 6.54 Å². The number of aryl methyl sites for hydroxylation is 2. The van der Waals surface area contributed by atoms with Gasteiger partial charge in [0.15, 0.2) is 0 Å². The van der Waals surface area contributed by atoms with Crippen LogP contribution in [0.2, 0.25) is 0 Å². The predicted octanol–water partition coefficient (Wildman–Crippen LogP) is 1.08. The normalized spacial score (nSPS) is 10.2. The first-order chi connectivity index (χ1) is 8.13. The monoisotopic (exact) mass is 230 g/mol. The molecule has 2 aromatic heterocycles. The van der Waals surface area contributed by atoms with Crippen molar-refractivity contribution in [1.29, 1.82) is 0 Å². The zero-order valence-corrected chi connectivity index (χ0v) is 9.81. The molecule has 88 valence electrons. The van der Waals surface area contributed by atoms with Crippen LogP contribution in [0, 0.1) is 13.8 Å². The number of nitrogens with two attached hydrogens (primary N) is 1. The second-order valence-corrected chi connectivity index (χ2v) is 3.67. The number of rotatable bonds is 3. The molecular weight excluding hydrogens is 216 g/mol. The summed E-state index contributed by atoms with van der Waals surface area (Å²) in [6.07, 6.45) is 1.74. The second-order valence-electron chi connectivity index (χ2n) is 3.67. The molecule has 6 heteroatoms. The summed E-state index contributed by atoms with van der Waals surface area (Å²) in [7, 11) is 0. The Labute approximate surface area is 99.4 Å². The van der Waals surface area contributed by atoms with Crippen LogP contribution in [0.15, 0.2) is 18.3 Å².